The van der Waals surface area contributed by atoms with Crippen LogP contribution in [0.4, 0.5) is 8.78 Å². The van der Waals surface area contributed by atoms with Crippen molar-refractivity contribution in [1.82, 2.24) is 4.98 Å². The molecule has 1 saturated carbocycles. The molecule has 0 radical (unpaired) electrons. The van der Waals surface area contributed by atoms with Crippen LogP contribution in [-0.2, 0) is 0 Å². The van der Waals surface area contributed by atoms with E-state index in [-0.39, 0.29) is 6.42 Å². The molecule has 0 amide bonds. The Labute approximate surface area is 82.2 Å². The summed E-state index contributed by atoms with van der Waals surface area (Å²) in [6.07, 6.45) is 1.58. The zero-order chi connectivity index (χ0) is 10.3. The van der Waals surface area contributed by atoms with Gasteiger partial charge in [0.05, 0.1) is 5.92 Å². The third kappa shape index (κ3) is 1.63. The molecule has 14 heavy (non-hydrogen) atoms. The first kappa shape index (κ1) is 9.56. The van der Waals surface area contributed by atoms with Crippen LogP contribution < -0.4 is 0 Å². The Morgan fingerprint density at radius 2 is 2.14 bits per heavy atom. The first-order chi connectivity index (χ1) is 6.50. The molecule has 1 unspecified atom stereocenters. The van der Waals surface area contributed by atoms with E-state index in [2.05, 4.69) is 4.98 Å². The van der Waals surface area contributed by atoms with E-state index in [1.807, 2.05) is 19.9 Å². The standard InChI is InChI=1S/C11H13F2N/c1-7(2)8-3-4-14-10(5-8)9-6-11(9,12)13/h3-5,7,9H,6H2,1-2H3. The maximum absolute atomic E-state index is 12.8. The lowest BCUT2D eigenvalue weighted by Crippen LogP contribution is -1.97. The van der Waals surface area contributed by atoms with Crippen molar-refractivity contribution in [2.45, 2.75) is 38.0 Å². The zero-order valence-corrected chi connectivity index (χ0v) is 8.30. The third-order valence-electron chi connectivity index (χ3n) is 2.65. The van der Waals surface area contributed by atoms with Gasteiger partial charge in [-0.1, -0.05) is 13.8 Å². The number of alkyl halides is 2. The van der Waals surface area contributed by atoms with Crippen LogP contribution >= 0.6 is 0 Å². The van der Waals surface area contributed by atoms with E-state index in [0.29, 0.717) is 11.6 Å². The highest BCUT2D eigenvalue weighted by atomic mass is 19.3. The Bertz CT molecular complexity index is 347. The number of rotatable bonds is 2. The topological polar surface area (TPSA) is 12.9 Å². The minimum absolute atomic E-state index is 0.0401. The normalized spacial score (nSPS) is 23.9. The largest absolute Gasteiger partial charge is 0.261 e. The SMILES string of the molecule is CC(C)c1ccnc(C2CC2(F)F)c1. The highest BCUT2D eigenvalue weighted by molar-refractivity contribution is 5.28. The summed E-state index contributed by atoms with van der Waals surface area (Å²) in [7, 11) is 0. The smallest absolute Gasteiger partial charge is 0.257 e. The molecule has 1 nitrogen and oxygen atoms in total. The van der Waals surface area contributed by atoms with Crippen LogP contribution in [0.5, 0.6) is 0 Å². The maximum Gasteiger partial charge on any atom is 0.257 e. The molecule has 0 saturated heterocycles. The molecule has 0 N–H and O–H groups in total. The molecule has 1 fully saturated rings. The molecule has 1 aromatic heterocycles. The summed E-state index contributed by atoms with van der Waals surface area (Å²) in [6, 6.07) is 3.69. The van der Waals surface area contributed by atoms with Gasteiger partial charge in [0.15, 0.2) is 0 Å². The molecule has 1 aromatic rings. The summed E-state index contributed by atoms with van der Waals surface area (Å²) in [5, 5.41) is 0. The van der Waals surface area contributed by atoms with Crippen LogP contribution in [0.3, 0.4) is 0 Å². The molecule has 0 bridgehead atoms. The summed E-state index contributed by atoms with van der Waals surface area (Å²) in [5.41, 5.74) is 1.62. The van der Waals surface area contributed by atoms with E-state index in [0.717, 1.165) is 5.56 Å². The second kappa shape index (κ2) is 3.01. The summed E-state index contributed by atoms with van der Waals surface area (Å²) in [6.45, 7) is 4.09. The summed E-state index contributed by atoms with van der Waals surface area (Å²) >= 11 is 0. The van der Waals surface area contributed by atoms with Gasteiger partial charge in [-0.2, -0.15) is 0 Å². The van der Waals surface area contributed by atoms with Gasteiger partial charge >= 0.3 is 0 Å². The molecule has 1 aliphatic carbocycles. The van der Waals surface area contributed by atoms with E-state index in [4.69, 9.17) is 0 Å². The van der Waals surface area contributed by atoms with Crippen molar-refractivity contribution < 1.29 is 8.78 Å². The fraction of sp³-hybridized carbons (Fsp3) is 0.545. The summed E-state index contributed by atoms with van der Waals surface area (Å²) < 4.78 is 25.5. The second-order valence-corrected chi connectivity index (χ2v) is 4.19. The second-order valence-electron chi connectivity index (χ2n) is 4.19. The number of hydrogen-bond donors (Lipinski definition) is 0. The molecule has 1 atom stereocenters. The molecule has 3 heteroatoms. The average Bonchev–Trinajstić information content (AvgIpc) is 2.75. The molecule has 0 spiro atoms. The molecule has 1 heterocycles. The molecule has 0 aliphatic heterocycles. The van der Waals surface area contributed by atoms with Crippen molar-refractivity contribution in [3.63, 3.8) is 0 Å². The molecule has 1 aliphatic rings. The van der Waals surface area contributed by atoms with Gasteiger partial charge in [0.25, 0.3) is 5.92 Å². The highest BCUT2D eigenvalue weighted by Gasteiger charge is 2.58. The van der Waals surface area contributed by atoms with Crippen molar-refractivity contribution in [2.75, 3.05) is 0 Å². The summed E-state index contributed by atoms with van der Waals surface area (Å²) in [5.74, 6) is -2.78. The number of pyridine rings is 1. The van der Waals surface area contributed by atoms with Gasteiger partial charge in [0.1, 0.15) is 0 Å². The van der Waals surface area contributed by atoms with Crippen molar-refractivity contribution >= 4 is 0 Å². The van der Waals surface area contributed by atoms with Crippen molar-refractivity contribution in [2.24, 2.45) is 0 Å². The van der Waals surface area contributed by atoms with Crippen LogP contribution in [0.25, 0.3) is 0 Å². The van der Waals surface area contributed by atoms with Crippen molar-refractivity contribution in [1.29, 1.82) is 0 Å². The Hall–Kier alpha value is -0.990. The molecule has 76 valence electrons. The van der Waals surface area contributed by atoms with Gasteiger partial charge in [-0.15, -0.1) is 0 Å². The van der Waals surface area contributed by atoms with Crippen LogP contribution in [0.15, 0.2) is 18.3 Å². The van der Waals surface area contributed by atoms with E-state index in [1.54, 1.807) is 12.3 Å². The van der Waals surface area contributed by atoms with E-state index < -0.39 is 11.8 Å². The number of hydrogen-bond acceptors (Lipinski definition) is 1. The lowest BCUT2D eigenvalue weighted by atomic mass is 10.0. The quantitative estimate of drug-likeness (QED) is 0.708. The fourth-order valence-corrected chi connectivity index (χ4v) is 1.55. The highest BCUT2D eigenvalue weighted by Crippen LogP contribution is 2.55. The Morgan fingerprint density at radius 3 is 2.64 bits per heavy atom. The summed E-state index contributed by atoms with van der Waals surface area (Å²) in [4.78, 5) is 4.00. The molecule has 2 rings (SSSR count). The van der Waals surface area contributed by atoms with Crippen LogP contribution in [0.1, 0.15) is 43.4 Å². The van der Waals surface area contributed by atoms with Gasteiger partial charge in [-0.3, -0.25) is 4.98 Å². The predicted octanol–water partition coefficient (Wildman–Crippen LogP) is 3.33. The van der Waals surface area contributed by atoms with Crippen LogP contribution in [0.2, 0.25) is 0 Å². The fourth-order valence-electron chi connectivity index (χ4n) is 1.55. The number of aromatic nitrogens is 1. The van der Waals surface area contributed by atoms with E-state index in [1.165, 1.54) is 0 Å². The van der Waals surface area contributed by atoms with Crippen LogP contribution in [-0.4, -0.2) is 10.9 Å². The lowest BCUT2D eigenvalue weighted by molar-refractivity contribution is 0.111. The van der Waals surface area contributed by atoms with Crippen LogP contribution in [0, 0.1) is 0 Å². The molecular formula is C11H13F2N. The number of halogens is 2. The van der Waals surface area contributed by atoms with Crippen molar-refractivity contribution in [3.8, 4) is 0 Å². The molecule has 0 aromatic carbocycles. The number of nitrogens with zero attached hydrogens (tertiary/aromatic N) is 1. The van der Waals surface area contributed by atoms with Gasteiger partial charge in [-0.25, -0.2) is 8.78 Å². The lowest BCUT2D eigenvalue weighted by Gasteiger charge is -2.06. The minimum Gasteiger partial charge on any atom is -0.261 e. The first-order valence-electron chi connectivity index (χ1n) is 4.84. The first-order valence-corrected chi connectivity index (χ1v) is 4.84. The third-order valence-corrected chi connectivity index (χ3v) is 2.65. The Kier molecular flexibility index (Phi) is 2.05. The zero-order valence-electron chi connectivity index (χ0n) is 8.30. The average molecular weight is 197 g/mol. The monoisotopic (exact) mass is 197 g/mol. The van der Waals surface area contributed by atoms with Gasteiger partial charge in [0, 0.05) is 18.3 Å². The van der Waals surface area contributed by atoms with E-state index >= 15 is 0 Å². The van der Waals surface area contributed by atoms with Gasteiger partial charge in [-0.05, 0) is 23.6 Å². The van der Waals surface area contributed by atoms with Gasteiger partial charge in [0.2, 0.25) is 0 Å². The van der Waals surface area contributed by atoms with Crippen molar-refractivity contribution in [3.05, 3.63) is 29.6 Å². The minimum atomic E-state index is -2.51. The maximum atomic E-state index is 12.8. The Balaban J connectivity index is 2.24. The van der Waals surface area contributed by atoms with E-state index in [9.17, 15) is 8.78 Å². The molecular weight excluding hydrogens is 184 g/mol. The Morgan fingerprint density at radius 1 is 1.50 bits per heavy atom. The predicted molar refractivity (Wildman–Crippen MR) is 50.6 cm³/mol. The van der Waals surface area contributed by atoms with Gasteiger partial charge < -0.3 is 0 Å².